The van der Waals surface area contributed by atoms with Crippen LogP contribution in [-0.2, 0) is 10.0 Å². The van der Waals surface area contributed by atoms with Crippen LogP contribution < -0.4 is 11.0 Å². The number of imidazole rings is 1. The summed E-state index contributed by atoms with van der Waals surface area (Å²) in [5.41, 5.74) is 1.32. The molecule has 0 atom stereocenters. The van der Waals surface area contributed by atoms with Crippen molar-refractivity contribution in [2.45, 2.75) is 38.8 Å². The molecule has 33 heavy (non-hydrogen) atoms. The minimum absolute atomic E-state index is 0.129. The molecule has 0 amide bonds. The summed E-state index contributed by atoms with van der Waals surface area (Å²) in [4.78, 5) is 22.3. The van der Waals surface area contributed by atoms with Crippen molar-refractivity contribution in [2.24, 2.45) is 0 Å². The molecule has 1 fully saturated rings. The third-order valence-electron chi connectivity index (χ3n) is 5.62. The zero-order valence-electron chi connectivity index (χ0n) is 18.8. The summed E-state index contributed by atoms with van der Waals surface area (Å²) in [5, 5.41) is 3.16. The number of aromatic nitrogens is 4. The number of nitrogens with one attached hydrogen (secondary N) is 1. The zero-order chi connectivity index (χ0) is 23.8. The summed E-state index contributed by atoms with van der Waals surface area (Å²) in [6, 6.07) is 7.39. The lowest BCUT2D eigenvalue weighted by atomic mass is 10.1. The maximum atomic E-state index is 13.6. The van der Waals surface area contributed by atoms with Gasteiger partial charge in [0, 0.05) is 37.6 Å². The molecule has 0 spiro atoms. The first kappa shape index (κ1) is 23.1. The van der Waals surface area contributed by atoms with Gasteiger partial charge in [0.15, 0.2) is 0 Å². The maximum absolute atomic E-state index is 13.6. The molecule has 3 heterocycles. The SMILES string of the molecule is CC(C)Nc1nccc(-c2cn(C3CCN(S(C)(=O)=O)CC3)c(=O)n2-c2ccc(F)cc2)n1. The van der Waals surface area contributed by atoms with Crippen molar-refractivity contribution in [3.8, 4) is 17.1 Å². The van der Waals surface area contributed by atoms with Gasteiger partial charge in [-0.15, -0.1) is 0 Å². The number of hydrogen-bond donors (Lipinski definition) is 1. The fourth-order valence-corrected chi connectivity index (χ4v) is 4.90. The van der Waals surface area contributed by atoms with Crippen LogP contribution in [-0.4, -0.2) is 57.2 Å². The highest BCUT2D eigenvalue weighted by Crippen LogP contribution is 2.27. The monoisotopic (exact) mass is 474 g/mol. The van der Waals surface area contributed by atoms with E-state index in [4.69, 9.17) is 0 Å². The summed E-state index contributed by atoms with van der Waals surface area (Å²) in [6.45, 7) is 4.65. The summed E-state index contributed by atoms with van der Waals surface area (Å²) in [7, 11) is -3.27. The van der Waals surface area contributed by atoms with Crippen molar-refractivity contribution in [3.63, 3.8) is 0 Å². The number of piperidine rings is 1. The Kier molecular flexibility index (Phi) is 6.35. The molecule has 1 saturated heterocycles. The number of anilines is 1. The van der Waals surface area contributed by atoms with Crippen LogP contribution in [0.2, 0.25) is 0 Å². The predicted molar refractivity (Wildman–Crippen MR) is 124 cm³/mol. The van der Waals surface area contributed by atoms with E-state index in [0.717, 1.165) is 0 Å². The number of benzene rings is 1. The standard InChI is InChI=1S/C22H27FN6O3S/c1-15(2)25-21-24-11-8-19(26-21)20-14-28(17-9-12-27(13-10-17)33(3,31)32)22(30)29(20)18-6-4-16(23)5-7-18/h4-8,11,14-15,17H,9-10,12-13H2,1-3H3,(H,24,25,26). The molecule has 4 rings (SSSR count). The lowest BCUT2D eigenvalue weighted by Crippen LogP contribution is -2.40. The summed E-state index contributed by atoms with van der Waals surface area (Å²) < 4.78 is 41.9. The second-order valence-electron chi connectivity index (χ2n) is 8.47. The van der Waals surface area contributed by atoms with E-state index in [2.05, 4.69) is 15.3 Å². The molecule has 9 nitrogen and oxygen atoms in total. The van der Waals surface area contributed by atoms with E-state index in [1.54, 1.807) is 35.2 Å². The first-order chi connectivity index (χ1) is 15.6. The van der Waals surface area contributed by atoms with Gasteiger partial charge in [-0.3, -0.25) is 9.13 Å². The van der Waals surface area contributed by atoms with E-state index in [0.29, 0.717) is 49.0 Å². The van der Waals surface area contributed by atoms with Gasteiger partial charge in [-0.25, -0.2) is 31.9 Å². The third-order valence-corrected chi connectivity index (χ3v) is 6.92. The van der Waals surface area contributed by atoms with Crippen LogP contribution in [0.15, 0.2) is 47.5 Å². The molecule has 0 radical (unpaired) electrons. The quantitative estimate of drug-likeness (QED) is 0.589. The predicted octanol–water partition coefficient (Wildman–Crippen LogP) is 2.65. The molecule has 2 aromatic heterocycles. The topological polar surface area (TPSA) is 102 Å². The smallest absolute Gasteiger partial charge is 0.333 e. The van der Waals surface area contributed by atoms with Crippen molar-refractivity contribution in [1.29, 1.82) is 0 Å². The van der Waals surface area contributed by atoms with Gasteiger partial charge in [0.25, 0.3) is 0 Å². The largest absolute Gasteiger partial charge is 0.352 e. The van der Waals surface area contributed by atoms with Crippen molar-refractivity contribution >= 4 is 16.0 Å². The molecule has 1 aromatic carbocycles. The van der Waals surface area contributed by atoms with Gasteiger partial charge in [-0.05, 0) is 57.0 Å². The molecule has 0 saturated carbocycles. The van der Waals surface area contributed by atoms with E-state index < -0.39 is 15.8 Å². The summed E-state index contributed by atoms with van der Waals surface area (Å²) in [5.74, 6) is 0.0428. The van der Waals surface area contributed by atoms with Crippen molar-refractivity contribution in [1.82, 2.24) is 23.4 Å². The van der Waals surface area contributed by atoms with Crippen LogP contribution in [0.5, 0.6) is 0 Å². The Bertz CT molecular complexity index is 1290. The van der Waals surface area contributed by atoms with E-state index in [1.807, 2.05) is 13.8 Å². The average molecular weight is 475 g/mol. The van der Waals surface area contributed by atoms with E-state index >= 15 is 0 Å². The van der Waals surface area contributed by atoms with Crippen LogP contribution in [0.1, 0.15) is 32.7 Å². The molecule has 1 aliphatic rings. The highest BCUT2D eigenvalue weighted by molar-refractivity contribution is 7.88. The van der Waals surface area contributed by atoms with Crippen molar-refractivity contribution < 1.29 is 12.8 Å². The molecule has 3 aromatic rings. The Hall–Kier alpha value is -3.05. The zero-order valence-corrected chi connectivity index (χ0v) is 19.6. The molecule has 0 bridgehead atoms. The minimum atomic E-state index is -3.27. The van der Waals surface area contributed by atoms with Crippen LogP contribution in [0, 0.1) is 5.82 Å². The summed E-state index contributed by atoms with van der Waals surface area (Å²) in [6.07, 6.45) is 5.59. The Balaban J connectivity index is 1.78. The maximum Gasteiger partial charge on any atom is 0.333 e. The van der Waals surface area contributed by atoms with Crippen LogP contribution in [0.25, 0.3) is 17.1 Å². The first-order valence-electron chi connectivity index (χ1n) is 10.8. The average Bonchev–Trinajstić information content (AvgIpc) is 3.11. The first-order valence-corrected chi connectivity index (χ1v) is 12.6. The van der Waals surface area contributed by atoms with Crippen molar-refractivity contribution in [2.75, 3.05) is 24.7 Å². The summed E-state index contributed by atoms with van der Waals surface area (Å²) >= 11 is 0. The molecule has 176 valence electrons. The van der Waals surface area contributed by atoms with Crippen LogP contribution >= 0.6 is 0 Å². The van der Waals surface area contributed by atoms with Crippen LogP contribution in [0.3, 0.4) is 0 Å². The Morgan fingerprint density at radius 1 is 1.12 bits per heavy atom. The Morgan fingerprint density at radius 2 is 1.79 bits per heavy atom. The fourth-order valence-electron chi connectivity index (χ4n) is 4.03. The normalized spacial score (nSPS) is 15.8. The highest BCUT2D eigenvalue weighted by atomic mass is 32.2. The third kappa shape index (κ3) is 4.98. The number of rotatable bonds is 6. The van der Waals surface area contributed by atoms with Crippen LogP contribution in [0.4, 0.5) is 10.3 Å². The van der Waals surface area contributed by atoms with Gasteiger partial charge in [0.05, 0.1) is 23.3 Å². The molecular weight excluding hydrogens is 447 g/mol. The van der Waals surface area contributed by atoms with Gasteiger partial charge < -0.3 is 5.32 Å². The number of nitrogens with zero attached hydrogens (tertiary/aromatic N) is 5. The number of hydrogen-bond acceptors (Lipinski definition) is 6. The second kappa shape index (κ2) is 9.06. The molecule has 1 N–H and O–H groups in total. The second-order valence-corrected chi connectivity index (χ2v) is 10.5. The molecule has 1 aliphatic heterocycles. The molecule has 11 heteroatoms. The Labute approximate surface area is 192 Å². The van der Waals surface area contributed by atoms with Gasteiger partial charge in [-0.2, -0.15) is 0 Å². The number of sulfonamides is 1. The van der Waals surface area contributed by atoms with E-state index in [1.165, 1.54) is 27.3 Å². The van der Waals surface area contributed by atoms with Gasteiger partial charge in [0.1, 0.15) is 5.82 Å². The molecule has 0 unspecified atom stereocenters. The fraction of sp³-hybridized carbons (Fsp3) is 0.409. The van der Waals surface area contributed by atoms with Gasteiger partial charge in [0.2, 0.25) is 16.0 Å². The van der Waals surface area contributed by atoms with E-state index in [-0.39, 0.29) is 17.8 Å². The highest BCUT2D eigenvalue weighted by Gasteiger charge is 2.28. The number of halogens is 1. The lowest BCUT2D eigenvalue weighted by Gasteiger charge is -2.30. The minimum Gasteiger partial charge on any atom is -0.352 e. The van der Waals surface area contributed by atoms with Gasteiger partial charge in [-0.1, -0.05) is 0 Å². The van der Waals surface area contributed by atoms with E-state index in [9.17, 15) is 17.6 Å². The van der Waals surface area contributed by atoms with Gasteiger partial charge >= 0.3 is 5.69 Å². The molecular formula is C22H27FN6O3S. The lowest BCUT2D eigenvalue weighted by molar-refractivity contribution is 0.271. The van der Waals surface area contributed by atoms with Crippen molar-refractivity contribution in [3.05, 3.63) is 59.0 Å². The Morgan fingerprint density at radius 3 is 2.39 bits per heavy atom. The molecule has 0 aliphatic carbocycles.